The zero-order valence-corrected chi connectivity index (χ0v) is 17.1. The van der Waals surface area contributed by atoms with Crippen LogP contribution >= 0.6 is 0 Å². The van der Waals surface area contributed by atoms with Crippen molar-refractivity contribution in [2.45, 2.75) is 60.8 Å². The van der Waals surface area contributed by atoms with Gasteiger partial charge in [0.25, 0.3) is 0 Å². The molecule has 0 spiro atoms. The first-order valence-electron chi connectivity index (χ1n) is 6.94. The monoisotopic (exact) mass is 360 g/mol. The number of carbonyl (C=O) groups is 1. The average molecular weight is 360 g/mol. The van der Waals surface area contributed by atoms with Gasteiger partial charge >= 0.3 is 0 Å². The van der Waals surface area contributed by atoms with Crippen molar-refractivity contribution >= 4 is 5.78 Å². The topological polar surface area (TPSA) is 52.3 Å². The summed E-state index contributed by atoms with van der Waals surface area (Å²) in [5.41, 5.74) is -0.0645. The number of carbonyl (C=O) groups excluding carboxylic acids is 1. The standard InChI is InChI=1S/C12H23O.C4H10NO.Y/c1-9(8-11(2,3)4)10(13)12(5,6)7;1-2-3-4-6-5;/h9H,1,8H2,2-7H3;1-5H2;/q2*-1;. The van der Waals surface area contributed by atoms with E-state index < -0.39 is 0 Å². The maximum atomic E-state index is 11.8. The molecule has 20 heavy (non-hydrogen) atoms. The largest absolute Gasteiger partial charge is 0.343 e. The Morgan fingerprint density at radius 3 is 1.85 bits per heavy atom. The summed E-state index contributed by atoms with van der Waals surface area (Å²) in [6.07, 6.45) is 2.72. The molecule has 0 saturated heterocycles. The second-order valence-electron chi connectivity index (χ2n) is 7.15. The molecule has 0 aliphatic heterocycles. The van der Waals surface area contributed by atoms with Gasteiger partial charge in [-0.3, -0.25) is 0 Å². The number of nitrogens with two attached hydrogens (primary N) is 1. The minimum Gasteiger partial charge on any atom is -0.343 e. The molecule has 1 atom stereocenters. The van der Waals surface area contributed by atoms with Crippen LogP contribution in [0.3, 0.4) is 0 Å². The summed E-state index contributed by atoms with van der Waals surface area (Å²) >= 11 is 0. The van der Waals surface area contributed by atoms with Gasteiger partial charge in [-0.25, -0.2) is 5.90 Å². The van der Waals surface area contributed by atoms with E-state index >= 15 is 0 Å². The van der Waals surface area contributed by atoms with Gasteiger partial charge in [0.1, 0.15) is 5.78 Å². The summed E-state index contributed by atoms with van der Waals surface area (Å²) in [5, 5.41) is 0. The molecule has 0 bridgehead atoms. The third-order valence-electron chi connectivity index (χ3n) is 2.48. The molecule has 4 heteroatoms. The summed E-state index contributed by atoms with van der Waals surface area (Å²) in [5.74, 6) is 4.88. The molecular weight excluding hydrogens is 327 g/mol. The van der Waals surface area contributed by atoms with Gasteiger partial charge in [0.05, 0.1) is 6.61 Å². The van der Waals surface area contributed by atoms with Crippen molar-refractivity contribution in [1.82, 2.24) is 0 Å². The van der Waals surface area contributed by atoms with E-state index in [2.05, 4.69) is 45.4 Å². The summed E-state index contributed by atoms with van der Waals surface area (Å²) in [4.78, 5) is 16.0. The van der Waals surface area contributed by atoms with Crippen molar-refractivity contribution in [2.75, 3.05) is 6.61 Å². The molecule has 0 aliphatic rings. The van der Waals surface area contributed by atoms with E-state index in [0.29, 0.717) is 6.61 Å². The molecule has 1 unspecified atom stereocenters. The van der Waals surface area contributed by atoms with Crippen LogP contribution in [0.1, 0.15) is 60.8 Å². The van der Waals surface area contributed by atoms with E-state index in [9.17, 15) is 4.79 Å². The van der Waals surface area contributed by atoms with Crippen molar-refractivity contribution in [3.05, 3.63) is 13.8 Å². The Balaban J connectivity index is -0.000000352. The van der Waals surface area contributed by atoms with Crippen LogP contribution in [0.4, 0.5) is 0 Å². The summed E-state index contributed by atoms with van der Waals surface area (Å²) in [6, 6.07) is 0. The second-order valence-corrected chi connectivity index (χ2v) is 7.15. The first kappa shape index (κ1) is 25.6. The number of hydrogen-bond donors (Lipinski definition) is 1. The van der Waals surface area contributed by atoms with Crippen LogP contribution in [0, 0.1) is 30.6 Å². The van der Waals surface area contributed by atoms with Crippen LogP contribution in [-0.4, -0.2) is 12.4 Å². The Kier molecular flexibility index (Phi) is 15.7. The van der Waals surface area contributed by atoms with Gasteiger partial charge in [0, 0.05) is 38.1 Å². The maximum absolute atomic E-state index is 11.8. The predicted octanol–water partition coefficient (Wildman–Crippen LogP) is 3.98. The molecule has 119 valence electrons. The molecule has 0 aromatic rings. The number of unbranched alkanes of at least 4 members (excludes halogenated alkanes) is 1. The van der Waals surface area contributed by atoms with Crippen LogP contribution in [-0.2, 0) is 42.3 Å². The molecule has 0 aromatic heterocycles. The summed E-state index contributed by atoms with van der Waals surface area (Å²) in [6.45, 7) is 20.4. The summed E-state index contributed by atoms with van der Waals surface area (Å²) in [7, 11) is 0. The van der Waals surface area contributed by atoms with E-state index in [1.165, 1.54) is 0 Å². The Morgan fingerprint density at radius 2 is 1.65 bits per heavy atom. The van der Waals surface area contributed by atoms with Crippen LogP contribution in [0.5, 0.6) is 0 Å². The Labute approximate surface area is 151 Å². The summed E-state index contributed by atoms with van der Waals surface area (Å²) < 4.78 is 0. The van der Waals surface area contributed by atoms with E-state index in [1.54, 1.807) is 0 Å². The van der Waals surface area contributed by atoms with Gasteiger partial charge in [0.15, 0.2) is 0 Å². The van der Waals surface area contributed by atoms with E-state index in [4.69, 9.17) is 0 Å². The van der Waals surface area contributed by atoms with Crippen molar-refractivity contribution in [3.8, 4) is 0 Å². The molecule has 0 rings (SSSR count). The molecule has 0 aromatic carbocycles. The van der Waals surface area contributed by atoms with Gasteiger partial charge in [-0.15, -0.1) is 5.92 Å². The number of hydrogen-bond acceptors (Lipinski definition) is 3. The smallest absolute Gasteiger partial charge is 0.111 e. The normalized spacial score (nSPS) is 12.8. The van der Waals surface area contributed by atoms with E-state index in [-0.39, 0.29) is 55.2 Å². The number of ketones is 1. The zero-order valence-electron chi connectivity index (χ0n) is 14.3. The van der Waals surface area contributed by atoms with Crippen molar-refractivity contribution in [3.63, 3.8) is 0 Å². The van der Waals surface area contributed by atoms with E-state index in [1.807, 2.05) is 20.8 Å². The number of Topliss-reactive ketones (excluding diaryl/α,β-unsaturated/α-hetero) is 1. The Bertz CT molecular complexity index is 238. The van der Waals surface area contributed by atoms with Crippen LogP contribution in [0.2, 0.25) is 0 Å². The van der Waals surface area contributed by atoms with Crippen LogP contribution in [0.15, 0.2) is 0 Å². The minimum atomic E-state index is -0.252. The maximum Gasteiger partial charge on any atom is 0.111 e. The number of rotatable bonds is 5. The molecule has 3 nitrogen and oxygen atoms in total. The Morgan fingerprint density at radius 1 is 1.20 bits per heavy atom. The molecule has 0 fully saturated rings. The quantitative estimate of drug-likeness (QED) is 0.458. The SMILES string of the molecule is [CH2-]C(CC(C)(C)C)C(=O)C(C)(C)C.[CH2-]CCCON.[Y]. The fraction of sp³-hybridized carbons (Fsp3) is 0.812. The predicted molar refractivity (Wildman–Crippen MR) is 82.1 cm³/mol. The van der Waals surface area contributed by atoms with Crippen molar-refractivity contribution < 1.29 is 42.3 Å². The average Bonchev–Trinajstić information content (AvgIpc) is 2.22. The molecule has 0 heterocycles. The Hall–Kier alpha value is 0.694. The molecule has 2 N–H and O–H groups in total. The minimum absolute atomic E-state index is 0. The van der Waals surface area contributed by atoms with Gasteiger partial charge in [-0.05, 0) is 5.41 Å². The molecule has 0 aliphatic carbocycles. The second kappa shape index (κ2) is 12.3. The molecule has 1 radical (unpaired) electrons. The molecule has 0 saturated carbocycles. The first-order valence-corrected chi connectivity index (χ1v) is 6.94. The van der Waals surface area contributed by atoms with Gasteiger partial charge in [-0.2, -0.15) is 6.42 Å². The third-order valence-corrected chi connectivity index (χ3v) is 2.48. The molecular formula is C16H33NO2Y-2. The zero-order chi connectivity index (χ0) is 15.7. The van der Waals surface area contributed by atoms with Gasteiger partial charge in [-0.1, -0.05) is 54.4 Å². The first-order chi connectivity index (χ1) is 8.45. The molecule has 0 amide bonds. The van der Waals surface area contributed by atoms with Crippen LogP contribution < -0.4 is 5.90 Å². The van der Waals surface area contributed by atoms with Crippen LogP contribution in [0.25, 0.3) is 0 Å². The third kappa shape index (κ3) is 16.7. The van der Waals surface area contributed by atoms with E-state index in [0.717, 1.165) is 19.3 Å². The van der Waals surface area contributed by atoms with Crippen molar-refractivity contribution in [2.24, 2.45) is 22.6 Å². The van der Waals surface area contributed by atoms with Crippen molar-refractivity contribution in [1.29, 1.82) is 0 Å². The van der Waals surface area contributed by atoms with Gasteiger partial charge in [0.2, 0.25) is 0 Å². The fourth-order valence-corrected chi connectivity index (χ4v) is 1.63. The van der Waals surface area contributed by atoms with Gasteiger partial charge < -0.3 is 23.5 Å². The fourth-order valence-electron chi connectivity index (χ4n) is 1.63.